The first kappa shape index (κ1) is 17.5. The summed E-state index contributed by atoms with van der Waals surface area (Å²) in [6.07, 6.45) is 4.79. The summed E-state index contributed by atoms with van der Waals surface area (Å²) in [5.41, 5.74) is 6.53. The predicted octanol–water partition coefficient (Wildman–Crippen LogP) is 2.34. The second-order valence-electron chi connectivity index (χ2n) is 7.76. The van der Waals surface area contributed by atoms with Crippen LogP contribution < -0.4 is 4.90 Å². The highest BCUT2D eigenvalue weighted by atomic mass is 15.3. The second-order valence-corrected chi connectivity index (χ2v) is 7.76. The Balaban J connectivity index is 1.47. The Morgan fingerprint density at radius 1 is 0.923 bits per heavy atom. The molecule has 0 bridgehead atoms. The molecule has 2 aliphatic rings. The van der Waals surface area contributed by atoms with Crippen molar-refractivity contribution >= 4 is 5.82 Å². The third kappa shape index (κ3) is 3.22. The third-order valence-corrected chi connectivity index (χ3v) is 5.99. The van der Waals surface area contributed by atoms with Gasteiger partial charge in [0.1, 0.15) is 11.6 Å². The first-order chi connectivity index (χ1) is 12.5. The molecule has 1 aliphatic heterocycles. The van der Waals surface area contributed by atoms with E-state index in [1.165, 1.54) is 41.2 Å². The summed E-state index contributed by atoms with van der Waals surface area (Å²) < 4.78 is 2.00. The number of anilines is 1. The number of aromatic nitrogens is 4. The van der Waals surface area contributed by atoms with Crippen LogP contribution in [0.3, 0.4) is 0 Å². The standard InChI is InChI=1S/C20H30N6/c1-14-18(15(2)24(4)23-14)13-25-9-11-26(12-10-25)20-17-7-5-6-8-19(17)21-16(3)22-20/h5-13H2,1-4H3. The van der Waals surface area contributed by atoms with Crippen molar-refractivity contribution in [2.24, 2.45) is 7.05 Å². The molecule has 6 heteroatoms. The van der Waals surface area contributed by atoms with Crippen molar-refractivity contribution in [2.45, 2.75) is 53.0 Å². The maximum absolute atomic E-state index is 4.83. The van der Waals surface area contributed by atoms with E-state index in [2.05, 4.69) is 28.7 Å². The van der Waals surface area contributed by atoms with Gasteiger partial charge in [0.25, 0.3) is 0 Å². The average Bonchev–Trinajstić information content (AvgIpc) is 2.88. The Bertz CT molecular complexity index is 801. The molecule has 1 fully saturated rings. The van der Waals surface area contributed by atoms with Crippen LogP contribution in [-0.4, -0.2) is 50.8 Å². The quantitative estimate of drug-likeness (QED) is 0.847. The van der Waals surface area contributed by atoms with Crippen molar-refractivity contribution in [2.75, 3.05) is 31.1 Å². The zero-order valence-electron chi connectivity index (χ0n) is 16.5. The molecule has 1 saturated heterocycles. The van der Waals surface area contributed by atoms with Gasteiger partial charge >= 0.3 is 0 Å². The van der Waals surface area contributed by atoms with E-state index in [4.69, 9.17) is 9.97 Å². The highest BCUT2D eigenvalue weighted by Crippen LogP contribution is 2.29. The van der Waals surface area contributed by atoms with E-state index in [0.717, 1.165) is 57.1 Å². The number of fused-ring (bicyclic) bond motifs is 1. The molecule has 2 aromatic heterocycles. The van der Waals surface area contributed by atoms with Gasteiger partial charge in [-0.1, -0.05) is 0 Å². The highest BCUT2D eigenvalue weighted by molar-refractivity contribution is 5.50. The molecule has 0 aromatic carbocycles. The number of hydrogen-bond acceptors (Lipinski definition) is 5. The molecule has 0 spiro atoms. The molecule has 0 amide bonds. The number of piperazine rings is 1. The first-order valence-corrected chi connectivity index (χ1v) is 9.85. The summed E-state index contributed by atoms with van der Waals surface area (Å²) in [6, 6.07) is 0. The zero-order valence-corrected chi connectivity index (χ0v) is 16.5. The lowest BCUT2D eigenvalue weighted by atomic mass is 9.96. The molecule has 3 heterocycles. The average molecular weight is 355 g/mol. The van der Waals surface area contributed by atoms with Gasteiger partial charge in [-0.05, 0) is 46.5 Å². The number of rotatable bonds is 3. The molecule has 0 unspecified atom stereocenters. The van der Waals surface area contributed by atoms with Crippen molar-refractivity contribution in [3.8, 4) is 0 Å². The Morgan fingerprint density at radius 2 is 1.65 bits per heavy atom. The van der Waals surface area contributed by atoms with E-state index in [9.17, 15) is 0 Å². The van der Waals surface area contributed by atoms with E-state index >= 15 is 0 Å². The first-order valence-electron chi connectivity index (χ1n) is 9.85. The largest absolute Gasteiger partial charge is 0.354 e. The molecule has 26 heavy (non-hydrogen) atoms. The van der Waals surface area contributed by atoms with E-state index in [1.54, 1.807) is 0 Å². The Kier molecular flexibility index (Phi) is 4.69. The van der Waals surface area contributed by atoms with Crippen LogP contribution in [0, 0.1) is 20.8 Å². The van der Waals surface area contributed by atoms with Crippen LogP contribution in [0.25, 0.3) is 0 Å². The normalized spacial score (nSPS) is 18.2. The molecule has 2 aromatic rings. The van der Waals surface area contributed by atoms with Crippen LogP contribution in [0.4, 0.5) is 5.82 Å². The van der Waals surface area contributed by atoms with E-state index in [1.807, 2.05) is 18.7 Å². The van der Waals surface area contributed by atoms with Crippen molar-refractivity contribution in [1.82, 2.24) is 24.6 Å². The number of hydrogen-bond donors (Lipinski definition) is 0. The fourth-order valence-electron chi connectivity index (χ4n) is 4.34. The molecule has 4 rings (SSSR count). The summed E-state index contributed by atoms with van der Waals surface area (Å²) in [4.78, 5) is 14.6. The lowest BCUT2D eigenvalue weighted by Crippen LogP contribution is -2.47. The maximum Gasteiger partial charge on any atom is 0.135 e. The van der Waals surface area contributed by atoms with Crippen molar-refractivity contribution in [3.05, 3.63) is 34.0 Å². The molecular weight excluding hydrogens is 324 g/mol. The molecule has 0 N–H and O–H groups in total. The highest BCUT2D eigenvalue weighted by Gasteiger charge is 2.25. The molecule has 140 valence electrons. The maximum atomic E-state index is 4.83. The monoisotopic (exact) mass is 354 g/mol. The van der Waals surface area contributed by atoms with Gasteiger partial charge in [-0.2, -0.15) is 5.10 Å². The van der Waals surface area contributed by atoms with Gasteiger partial charge in [-0.15, -0.1) is 0 Å². The van der Waals surface area contributed by atoms with Crippen LogP contribution in [0.5, 0.6) is 0 Å². The Labute approximate surface area is 156 Å². The van der Waals surface area contributed by atoms with Crippen LogP contribution in [0.1, 0.15) is 46.9 Å². The second kappa shape index (κ2) is 6.99. The minimum Gasteiger partial charge on any atom is -0.354 e. The minimum absolute atomic E-state index is 0.921. The van der Waals surface area contributed by atoms with Crippen molar-refractivity contribution < 1.29 is 0 Å². The molecule has 1 aliphatic carbocycles. The molecule has 0 atom stereocenters. The lowest BCUT2D eigenvalue weighted by Gasteiger charge is -2.37. The minimum atomic E-state index is 0.921. The smallest absolute Gasteiger partial charge is 0.135 e. The van der Waals surface area contributed by atoms with E-state index in [-0.39, 0.29) is 0 Å². The van der Waals surface area contributed by atoms with Gasteiger partial charge in [-0.25, -0.2) is 9.97 Å². The fourth-order valence-corrected chi connectivity index (χ4v) is 4.34. The summed E-state index contributed by atoms with van der Waals surface area (Å²) in [6.45, 7) is 11.6. The number of nitrogens with zero attached hydrogens (tertiary/aromatic N) is 6. The molecular formula is C20H30N6. The topological polar surface area (TPSA) is 50.1 Å². The van der Waals surface area contributed by atoms with E-state index in [0.29, 0.717) is 0 Å². The summed E-state index contributed by atoms with van der Waals surface area (Å²) in [5, 5.41) is 4.56. The Hall–Kier alpha value is -1.95. The van der Waals surface area contributed by atoms with Gasteiger partial charge in [0.05, 0.1) is 5.69 Å². The van der Waals surface area contributed by atoms with Crippen LogP contribution >= 0.6 is 0 Å². The third-order valence-electron chi connectivity index (χ3n) is 5.99. The van der Waals surface area contributed by atoms with Crippen LogP contribution in [0.15, 0.2) is 0 Å². The van der Waals surface area contributed by atoms with Gasteiger partial charge in [-0.3, -0.25) is 9.58 Å². The van der Waals surface area contributed by atoms with Crippen LogP contribution in [0.2, 0.25) is 0 Å². The Morgan fingerprint density at radius 3 is 2.35 bits per heavy atom. The molecule has 0 radical (unpaired) electrons. The molecule has 0 saturated carbocycles. The fraction of sp³-hybridized carbons (Fsp3) is 0.650. The zero-order chi connectivity index (χ0) is 18.3. The van der Waals surface area contributed by atoms with Crippen LogP contribution in [-0.2, 0) is 26.4 Å². The lowest BCUT2D eigenvalue weighted by molar-refractivity contribution is 0.248. The van der Waals surface area contributed by atoms with Gasteiger partial charge in [0.2, 0.25) is 0 Å². The van der Waals surface area contributed by atoms with Gasteiger partial charge in [0.15, 0.2) is 0 Å². The summed E-state index contributed by atoms with van der Waals surface area (Å²) in [7, 11) is 2.03. The summed E-state index contributed by atoms with van der Waals surface area (Å²) in [5.74, 6) is 2.13. The van der Waals surface area contributed by atoms with Crippen molar-refractivity contribution in [3.63, 3.8) is 0 Å². The van der Waals surface area contributed by atoms with Crippen molar-refractivity contribution in [1.29, 1.82) is 0 Å². The van der Waals surface area contributed by atoms with E-state index < -0.39 is 0 Å². The predicted molar refractivity (Wildman–Crippen MR) is 104 cm³/mol. The van der Waals surface area contributed by atoms with Gasteiger partial charge in [0, 0.05) is 62.3 Å². The molecule has 6 nitrogen and oxygen atoms in total. The number of aryl methyl sites for hydroxylation is 4. The van der Waals surface area contributed by atoms with Gasteiger partial charge < -0.3 is 4.90 Å². The SMILES string of the molecule is Cc1nc2c(c(N3CCN(Cc4c(C)nn(C)c4C)CC3)n1)CCCC2. The summed E-state index contributed by atoms with van der Waals surface area (Å²) >= 11 is 0.